The van der Waals surface area contributed by atoms with E-state index in [9.17, 15) is 4.79 Å². The van der Waals surface area contributed by atoms with Gasteiger partial charge in [0.25, 0.3) is 5.91 Å². The van der Waals surface area contributed by atoms with Gasteiger partial charge in [0.15, 0.2) is 0 Å². The molecule has 5 rings (SSSR count). The third-order valence-corrected chi connectivity index (χ3v) is 6.55. The maximum absolute atomic E-state index is 13.3. The third kappa shape index (κ3) is 3.29. The van der Waals surface area contributed by atoms with E-state index in [1.807, 2.05) is 13.1 Å². The smallest absolute Gasteiger partial charge is 0.252 e. The van der Waals surface area contributed by atoms with E-state index in [-0.39, 0.29) is 11.4 Å². The van der Waals surface area contributed by atoms with E-state index < -0.39 is 0 Å². The van der Waals surface area contributed by atoms with Gasteiger partial charge in [-0.25, -0.2) is 0 Å². The van der Waals surface area contributed by atoms with Crippen LogP contribution >= 0.6 is 0 Å². The number of fused-ring (bicyclic) bond motifs is 1. The molecule has 0 radical (unpaired) electrons. The number of aromatic nitrogens is 1. The average molecular weight is 389 g/mol. The van der Waals surface area contributed by atoms with Crippen LogP contribution in [0.3, 0.4) is 0 Å². The lowest BCUT2D eigenvalue weighted by Crippen LogP contribution is -2.44. The molecule has 0 spiro atoms. The Morgan fingerprint density at radius 2 is 1.86 bits per heavy atom. The van der Waals surface area contributed by atoms with Crippen molar-refractivity contribution in [3.05, 3.63) is 65.4 Å². The Morgan fingerprint density at radius 3 is 2.62 bits per heavy atom. The number of hydrogen-bond donors (Lipinski definition) is 2. The van der Waals surface area contributed by atoms with Crippen LogP contribution in [0, 0.1) is 6.92 Å². The van der Waals surface area contributed by atoms with Crippen LogP contribution in [0.25, 0.3) is 10.9 Å². The molecule has 2 aliphatic rings. The van der Waals surface area contributed by atoms with Crippen LogP contribution in [-0.4, -0.2) is 49.0 Å². The van der Waals surface area contributed by atoms with Crippen LogP contribution in [0.2, 0.25) is 0 Å². The molecule has 2 N–H and O–H groups in total. The number of aromatic amines is 1. The van der Waals surface area contributed by atoms with Crippen LogP contribution in [0.5, 0.6) is 0 Å². The highest BCUT2D eigenvalue weighted by Crippen LogP contribution is 2.48. The molecule has 150 valence electrons. The van der Waals surface area contributed by atoms with Crippen LogP contribution in [0.4, 0.5) is 5.69 Å². The van der Waals surface area contributed by atoms with Crippen LogP contribution in [0.1, 0.15) is 34.3 Å². The molecule has 2 heterocycles. The van der Waals surface area contributed by atoms with Crippen molar-refractivity contribution in [1.82, 2.24) is 15.2 Å². The molecule has 1 saturated carbocycles. The van der Waals surface area contributed by atoms with E-state index in [4.69, 9.17) is 0 Å². The van der Waals surface area contributed by atoms with Gasteiger partial charge in [-0.3, -0.25) is 4.79 Å². The van der Waals surface area contributed by atoms with Crippen LogP contribution < -0.4 is 10.2 Å². The molecular formula is C24H28N4O. The summed E-state index contributed by atoms with van der Waals surface area (Å²) in [6.07, 6.45) is 3.94. The Labute approximate surface area is 171 Å². The van der Waals surface area contributed by atoms with E-state index in [1.165, 1.54) is 10.9 Å². The summed E-state index contributed by atoms with van der Waals surface area (Å²) in [7, 11) is 2.16. The second-order valence-corrected chi connectivity index (χ2v) is 8.57. The Kier molecular flexibility index (Phi) is 4.36. The summed E-state index contributed by atoms with van der Waals surface area (Å²) in [5.74, 6) is 0.0310. The van der Waals surface area contributed by atoms with Crippen LogP contribution in [0.15, 0.2) is 48.7 Å². The van der Waals surface area contributed by atoms with Gasteiger partial charge >= 0.3 is 0 Å². The minimum absolute atomic E-state index is 0.0310. The monoisotopic (exact) mass is 388 g/mol. The standard InChI is InChI=1S/C24H28N4O/c1-17-6-7-18(28-14-12-27(2)13-15-28)16-20(17)23(29)26-24(9-10-24)21-4-3-5-22-19(21)8-11-25-22/h3-8,11,16,25H,9-10,12-15H2,1-2H3,(H,26,29). The zero-order valence-electron chi connectivity index (χ0n) is 17.2. The van der Waals surface area contributed by atoms with Gasteiger partial charge in [-0.05, 0) is 62.2 Å². The molecule has 0 bridgehead atoms. The van der Waals surface area contributed by atoms with Gasteiger partial charge in [-0.15, -0.1) is 0 Å². The first kappa shape index (κ1) is 18.3. The lowest BCUT2D eigenvalue weighted by atomic mass is 9.99. The van der Waals surface area contributed by atoms with Gasteiger partial charge in [0, 0.05) is 54.5 Å². The van der Waals surface area contributed by atoms with Crippen molar-refractivity contribution in [1.29, 1.82) is 0 Å². The summed E-state index contributed by atoms with van der Waals surface area (Å²) in [5.41, 5.74) is 5.06. The molecule has 5 nitrogen and oxygen atoms in total. The number of rotatable bonds is 4. The Bertz CT molecular complexity index is 1060. The number of H-pyrrole nitrogens is 1. The predicted molar refractivity (Wildman–Crippen MR) is 118 cm³/mol. The van der Waals surface area contributed by atoms with E-state index in [0.717, 1.165) is 61.4 Å². The minimum Gasteiger partial charge on any atom is -0.369 e. The number of carbonyl (C=O) groups excluding carboxylic acids is 1. The van der Waals surface area contributed by atoms with Crippen molar-refractivity contribution in [2.24, 2.45) is 0 Å². The van der Waals surface area contributed by atoms with E-state index >= 15 is 0 Å². The average Bonchev–Trinajstić information content (AvgIpc) is 3.33. The summed E-state index contributed by atoms with van der Waals surface area (Å²) in [6.45, 7) is 6.13. The fraction of sp³-hybridized carbons (Fsp3) is 0.375. The van der Waals surface area contributed by atoms with E-state index in [1.54, 1.807) is 0 Å². The maximum atomic E-state index is 13.3. The summed E-state index contributed by atoms with van der Waals surface area (Å²) in [5, 5.41) is 4.58. The highest BCUT2D eigenvalue weighted by Gasteiger charge is 2.46. The van der Waals surface area contributed by atoms with E-state index in [0.29, 0.717) is 0 Å². The molecule has 0 unspecified atom stereocenters. The summed E-state index contributed by atoms with van der Waals surface area (Å²) in [6, 6.07) is 14.7. The van der Waals surface area contributed by atoms with Crippen molar-refractivity contribution in [2.75, 3.05) is 38.1 Å². The number of benzene rings is 2. The highest BCUT2D eigenvalue weighted by atomic mass is 16.1. The number of nitrogens with zero attached hydrogens (tertiary/aromatic N) is 2. The Balaban J connectivity index is 1.41. The molecule has 3 aromatic rings. The molecule has 2 aromatic carbocycles. The van der Waals surface area contributed by atoms with Crippen LogP contribution in [-0.2, 0) is 5.54 Å². The number of carbonyl (C=O) groups is 1. The van der Waals surface area contributed by atoms with Crippen molar-refractivity contribution >= 4 is 22.5 Å². The minimum atomic E-state index is -0.241. The summed E-state index contributed by atoms with van der Waals surface area (Å²) in [4.78, 5) is 21.3. The summed E-state index contributed by atoms with van der Waals surface area (Å²) < 4.78 is 0. The molecule has 1 aliphatic carbocycles. The quantitative estimate of drug-likeness (QED) is 0.717. The van der Waals surface area contributed by atoms with Crippen molar-refractivity contribution < 1.29 is 4.79 Å². The lowest BCUT2D eigenvalue weighted by Gasteiger charge is -2.34. The number of nitrogens with one attached hydrogen (secondary N) is 2. The molecule has 0 atom stereocenters. The predicted octanol–water partition coefficient (Wildman–Crippen LogP) is 3.65. The second kappa shape index (κ2) is 6.92. The Hall–Kier alpha value is -2.79. The van der Waals surface area contributed by atoms with Gasteiger partial charge in [-0.2, -0.15) is 0 Å². The molecular weight excluding hydrogens is 360 g/mol. The van der Waals surface area contributed by atoms with Crippen molar-refractivity contribution in [3.63, 3.8) is 0 Å². The fourth-order valence-corrected chi connectivity index (χ4v) is 4.49. The van der Waals surface area contributed by atoms with Gasteiger partial charge in [0.05, 0.1) is 5.54 Å². The molecule has 1 amide bonds. The number of amides is 1. The van der Waals surface area contributed by atoms with Gasteiger partial charge in [0.2, 0.25) is 0 Å². The molecule has 1 aromatic heterocycles. The molecule has 2 fully saturated rings. The number of aryl methyl sites for hydroxylation is 1. The SMILES string of the molecule is Cc1ccc(N2CCN(C)CC2)cc1C(=O)NC1(c2cccc3[nH]ccc23)CC1. The topological polar surface area (TPSA) is 51.4 Å². The number of likely N-dealkylation sites (N-methyl/N-ethyl adjacent to an activating group) is 1. The number of anilines is 1. The lowest BCUT2D eigenvalue weighted by molar-refractivity contribution is 0.0930. The van der Waals surface area contributed by atoms with Gasteiger partial charge in [0.1, 0.15) is 0 Å². The number of hydrogen-bond acceptors (Lipinski definition) is 3. The summed E-state index contributed by atoms with van der Waals surface area (Å²) >= 11 is 0. The molecule has 1 aliphatic heterocycles. The van der Waals surface area contributed by atoms with E-state index in [2.05, 4.69) is 69.6 Å². The van der Waals surface area contributed by atoms with Gasteiger partial charge in [-0.1, -0.05) is 18.2 Å². The zero-order chi connectivity index (χ0) is 20.0. The zero-order valence-corrected chi connectivity index (χ0v) is 17.2. The fourth-order valence-electron chi connectivity index (χ4n) is 4.49. The normalized spacial score (nSPS) is 18.8. The Morgan fingerprint density at radius 1 is 1.07 bits per heavy atom. The molecule has 29 heavy (non-hydrogen) atoms. The molecule has 5 heteroatoms. The maximum Gasteiger partial charge on any atom is 0.252 e. The second-order valence-electron chi connectivity index (χ2n) is 8.57. The number of piperazine rings is 1. The first-order valence-corrected chi connectivity index (χ1v) is 10.5. The van der Waals surface area contributed by atoms with Crippen molar-refractivity contribution in [3.8, 4) is 0 Å². The van der Waals surface area contributed by atoms with Gasteiger partial charge < -0.3 is 20.1 Å². The third-order valence-electron chi connectivity index (χ3n) is 6.55. The first-order chi connectivity index (χ1) is 14.1. The highest BCUT2D eigenvalue weighted by molar-refractivity contribution is 5.98. The molecule has 1 saturated heterocycles. The largest absolute Gasteiger partial charge is 0.369 e. The van der Waals surface area contributed by atoms with Crippen molar-refractivity contribution in [2.45, 2.75) is 25.3 Å². The first-order valence-electron chi connectivity index (χ1n) is 10.5.